The lowest BCUT2D eigenvalue weighted by Gasteiger charge is -2.32. The first kappa shape index (κ1) is 21.1. The number of ether oxygens (including phenoxy) is 1. The summed E-state index contributed by atoms with van der Waals surface area (Å²) in [6.45, 7) is 0.701. The Hall–Kier alpha value is -2.61. The van der Waals surface area contributed by atoms with Gasteiger partial charge < -0.3 is 10.1 Å². The van der Waals surface area contributed by atoms with E-state index in [9.17, 15) is 22.4 Å². The highest BCUT2D eigenvalue weighted by molar-refractivity contribution is 5.94. The summed E-state index contributed by atoms with van der Waals surface area (Å²) < 4.78 is 55.4. The van der Waals surface area contributed by atoms with E-state index in [0.29, 0.717) is 19.4 Å². The summed E-state index contributed by atoms with van der Waals surface area (Å²) in [5.41, 5.74) is 0.893. The summed E-state index contributed by atoms with van der Waals surface area (Å²) in [5, 5.41) is 2.87. The van der Waals surface area contributed by atoms with Crippen molar-refractivity contribution in [3.05, 3.63) is 65.5 Å². The predicted octanol–water partition coefficient (Wildman–Crippen LogP) is 4.16. The average molecular weight is 410 g/mol. The molecule has 29 heavy (non-hydrogen) atoms. The molecule has 0 spiro atoms. The standard InChI is InChI=1S/C21H22F4N2O2/c22-19-7-2-1-6-18(19)20(28)26-16-8-10-27(11-9-16)13-15-4-3-5-17(12-15)29-14-21(23,24)25/h1-7,12,16H,8-11,13-14H2,(H,26,28). The molecule has 8 heteroatoms. The molecule has 0 saturated carbocycles. The van der Waals surface area contributed by atoms with Crippen molar-refractivity contribution in [2.24, 2.45) is 0 Å². The number of hydrogen-bond donors (Lipinski definition) is 1. The number of benzene rings is 2. The lowest BCUT2D eigenvalue weighted by molar-refractivity contribution is -0.153. The van der Waals surface area contributed by atoms with Crippen LogP contribution in [0.2, 0.25) is 0 Å². The van der Waals surface area contributed by atoms with Gasteiger partial charge in [0.2, 0.25) is 0 Å². The number of carbonyl (C=O) groups excluding carboxylic acids is 1. The Morgan fingerprint density at radius 2 is 1.83 bits per heavy atom. The highest BCUT2D eigenvalue weighted by atomic mass is 19.4. The summed E-state index contributed by atoms with van der Waals surface area (Å²) in [5.74, 6) is -0.780. The van der Waals surface area contributed by atoms with Crippen molar-refractivity contribution in [3.8, 4) is 5.75 Å². The maximum absolute atomic E-state index is 13.7. The van der Waals surface area contributed by atoms with Crippen LogP contribution in [0.5, 0.6) is 5.75 Å². The van der Waals surface area contributed by atoms with Gasteiger partial charge in [-0.05, 0) is 42.7 Å². The third kappa shape index (κ3) is 6.45. The van der Waals surface area contributed by atoms with Crippen LogP contribution in [0, 0.1) is 5.82 Å². The topological polar surface area (TPSA) is 41.6 Å². The Morgan fingerprint density at radius 3 is 2.52 bits per heavy atom. The minimum Gasteiger partial charge on any atom is -0.484 e. The molecule has 1 aliphatic rings. The van der Waals surface area contributed by atoms with Crippen LogP contribution in [0.15, 0.2) is 48.5 Å². The molecule has 4 nitrogen and oxygen atoms in total. The van der Waals surface area contributed by atoms with Crippen molar-refractivity contribution in [1.29, 1.82) is 0 Å². The fraction of sp³-hybridized carbons (Fsp3) is 0.381. The molecule has 0 atom stereocenters. The Kier molecular flexibility index (Phi) is 6.74. The van der Waals surface area contributed by atoms with Crippen molar-refractivity contribution >= 4 is 5.91 Å². The highest BCUT2D eigenvalue weighted by Crippen LogP contribution is 2.21. The summed E-state index contributed by atoms with van der Waals surface area (Å²) in [6, 6.07) is 12.4. The Balaban J connectivity index is 1.47. The molecule has 1 aliphatic heterocycles. The van der Waals surface area contributed by atoms with Crippen LogP contribution >= 0.6 is 0 Å². The number of piperidine rings is 1. The van der Waals surface area contributed by atoms with E-state index >= 15 is 0 Å². The van der Waals surface area contributed by atoms with E-state index in [0.717, 1.165) is 18.7 Å². The second-order valence-electron chi connectivity index (χ2n) is 7.05. The first-order valence-corrected chi connectivity index (χ1v) is 9.36. The van der Waals surface area contributed by atoms with Gasteiger partial charge in [0.05, 0.1) is 5.56 Å². The molecular formula is C21H22F4N2O2. The van der Waals surface area contributed by atoms with E-state index in [2.05, 4.69) is 10.2 Å². The molecule has 0 aromatic heterocycles. The van der Waals surface area contributed by atoms with E-state index in [4.69, 9.17) is 4.74 Å². The number of nitrogens with one attached hydrogen (secondary N) is 1. The Morgan fingerprint density at radius 1 is 1.10 bits per heavy atom. The van der Waals surface area contributed by atoms with Gasteiger partial charge in [-0.3, -0.25) is 9.69 Å². The fourth-order valence-electron chi connectivity index (χ4n) is 3.30. The van der Waals surface area contributed by atoms with Crippen molar-refractivity contribution in [1.82, 2.24) is 10.2 Å². The van der Waals surface area contributed by atoms with Crippen LogP contribution in [-0.4, -0.2) is 42.7 Å². The summed E-state index contributed by atoms with van der Waals surface area (Å²) in [7, 11) is 0. The Labute approximate surface area is 166 Å². The first-order chi connectivity index (χ1) is 13.8. The van der Waals surface area contributed by atoms with E-state index in [-0.39, 0.29) is 17.4 Å². The minimum atomic E-state index is -4.37. The maximum Gasteiger partial charge on any atom is 0.422 e. The zero-order valence-electron chi connectivity index (χ0n) is 15.7. The molecule has 1 heterocycles. The maximum atomic E-state index is 13.7. The lowest BCUT2D eigenvalue weighted by Crippen LogP contribution is -2.44. The van der Waals surface area contributed by atoms with Gasteiger partial charge in [-0.2, -0.15) is 13.2 Å². The molecule has 0 unspecified atom stereocenters. The number of likely N-dealkylation sites (tertiary alicyclic amines) is 1. The summed E-state index contributed by atoms with van der Waals surface area (Å²) in [4.78, 5) is 14.4. The molecule has 0 aliphatic carbocycles. The number of rotatable bonds is 6. The molecule has 1 N–H and O–H groups in total. The SMILES string of the molecule is O=C(NC1CCN(Cc2cccc(OCC(F)(F)F)c2)CC1)c1ccccc1F. The van der Waals surface area contributed by atoms with Gasteiger partial charge in [0.1, 0.15) is 11.6 Å². The smallest absolute Gasteiger partial charge is 0.422 e. The molecule has 3 rings (SSSR count). The fourth-order valence-corrected chi connectivity index (χ4v) is 3.30. The number of hydrogen-bond acceptors (Lipinski definition) is 3. The number of nitrogens with zero attached hydrogens (tertiary/aromatic N) is 1. The van der Waals surface area contributed by atoms with Crippen LogP contribution in [0.25, 0.3) is 0 Å². The summed E-state index contributed by atoms with van der Waals surface area (Å²) >= 11 is 0. The van der Waals surface area contributed by atoms with Gasteiger partial charge in [0.25, 0.3) is 5.91 Å². The number of amides is 1. The van der Waals surface area contributed by atoms with E-state index in [1.54, 1.807) is 18.2 Å². The molecule has 1 amide bonds. The number of carbonyl (C=O) groups is 1. The third-order valence-electron chi connectivity index (χ3n) is 4.75. The van der Waals surface area contributed by atoms with Crippen LogP contribution < -0.4 is 10.1 Å². The molecule has 2 aromatic rings. The zero-order valence-corrected chi connectivity index (χ0v) is 15.7. The number of halogens is 4. The van der Waals surface area contributed by atoms with Gasteiger partial charge in [0, 0.05) is 25.7 Å². The largest absolute Gasteiger partial charge is 0.484 e. The van der Waals surface area contributed by atoms with Crippen molar-refractivity contribution in [3.63, 3.8) is 0 Å². The van der Waals surface area contributed by atoms with Crippen molar-refractivity contribution in [2.45, 2.75) is 31.6 Å². The minimum absolute atomic E-state index is 0.0330. The van der Waals surface area contributed by atoms with Gasteiger partial charge >= 0.3 is 6.18 Å². The lowest BCUT2D eigenvalue weighted by atomic mass is 10.0. The highest BCUT2D eigenvalue weighted by Gasteiger charge is 2.28. The zero-order chi connectivity index (χ0) is 20.9. The normalized spacial score (nSPS) is 15.9. The van der Waals surface area contributed by atoms with E-state index in [1.807, 2.05) is 6.07 Å². The van der Waals surface area contributed by atoms with Crippen LogP contribution in [0.1, 0.15) is 28.8 Å². The van der Waals surface area contributed by atoms with Gasteiger partial charge in [0.15, 0.2) is 6.61 Å². The quantitative estimate of drug-likeness (QED) is 0.728. The van der Waals surface area contributed by atoms with Crippen LogP contribution in [-0.2, 0) is 6.54 Å². The van der Waals surface area contributed by atoms with Crippen molar-refractivity contribution < 1.29 is 27.1 Å². The van der Waals surface area contributed by atoms with Crippen LogP contribution in [0.4, 0.5) is 17.6 Å². The molecule has 156 valence electrons. The van der Waals surface area contributed by atoms with Gasteiger partial charge in [-0.15, -0.1) is 0 Å². The van der Waals surface area contributed by atoms with Crippen LogP contribution in [0.3, 0.4) is 0 Å². The summed E-state index contributed by atoms with van der Waals surface area (Å²) in [6.07, 6.45) is -2.94. The molecule has 0 bridgehead atoms. The third-order valence-corrected chi connectivity index (χ3v) is 4.75. The number of alkyl halides is 3. The second kappa shape index (κ2) is 9.26. The average Bonchev–Trinajstić information content (AvgIpc) is 2.68. The molecular weight excluding hydrogens is 388 g/mol. The molecule has 0 radical (unpaired) electrons. The predicted molar refractivity (Wildman–Crippen MR) is 100 cm³/mol. The molecule has 1 saturated heterocycles. The molecule has 1 fully saturated rings. The second-order valence-corrected chi connectivity index (χ2v) is 7.05. The first-order valence-electron chi connectivity index (χ1n) is 9.36. The Bertz CT molecular complexity index is 833. The monoisotopic (exact) mass is 410 g/mol. The molecule has 2 aromatic carbocycles. The van der Waals surface area contributed by atoms with E-state index in [1.165, 1.54) is 24.3 Å². The van der Waals surface area contributed by atoms with Gasteiger partial charge in [-0.25, -0.2) is 4.39 Å². The van der Waals surface area contributed by atoms with Gasteiger partial charge in [-0.1, -0.05) is 24.3 Å². The van der Waals surface area contributed by atoms with E-state index < -0.39 is 24.5 Å². The van der Waals surface area contributed by atoms with Crippen molar-refractivity contribution in [2.75, 3.05) is 19.7 Å².